The predicted octanol–water partition coefficient (Wildman–Crippen LogP) is 2.86. The van der Waals surface area contributed by atoms with Gasteiger partial charge < -0.3 is 15.1 Å². The standard InChI is InChI=1S/C16H12N2O2S/c19-15-12(17-16(21)18-15)8-9-5-6-14-11(7-9)10-3-1-2-4-13(10)20-14/h1-8,16-17,21H,(H,18,19)/b12-8-. The van der Waals surface area contributed by atoms with Gasteiger partial charge in [-0.05, 0) is 29.8 Å². The highest BCUT2D eigenvalue weighted by atomic mass is 32.1. The highest BCUT2D eigenvalue weighted by Crippen LogP contribution is 2.29. The number of amides is 1. The van der Waals surface area contributed by atoms with Gasteiger partial charge in [-0.2, -0.15) is 0 Å². The van der Waals surface area contributed by atoms with Crippen LogP contribution in [0.1, 0.15) is 5.56 Å². The second-order valence-electron chi connectivity index (χ2n) is 4.93. The average molecular weight is 296 g/mol. The van der Waals surface area contributed by atoms with E-state index >= 15 is 0 Å². The van der Waals surface area contributed by atoms with E-state index in [4.69, 9.17) is 4.42 Å². The topological polar surface area (TPSA) is 54.3 Å². The van der Waals surface area contributed by atoms with Gasteiger partial charge in [0.2, 0.25) is 0 Å². The van der Waals surface area contributed by atoms with E-state index in [0.29, 0.717) is 5.70 Å². The molecule has 2 aromatic carbocycles. The zero-order valence-electron chi connectivity index (χ0n) is 11.0. The molecule has 1 unspecified atom stereocenters. The van der Waals surface area contributed by atoms with Crippen molar-refractivity contribution in [2.75, 3.05) is 0 Å². The first-order valence-electron chi connectivity index (χ1n) is 6.59. The van der Waals surface area contributed by atoms with Crippen LogP contribution in [0.2, 0.25) is 0 Å². The van der Waals surface area contributed by atoms with Crippen LogP contribution in [0.25, 0.3) is 28.0 Å². The Balaban J connectivity index is 1.85. The highest BCUT2D eigenvalue weighted by Gasteiger charge is 2.22. The lowest BCUT2D eigenvalue weighted by Crippen LogP contribution is -2.25. The Hall–Kier alpha value is -2.40. The molecule has 1 fully saturated rings. The van der Waals surface area contributed by atoms with Crippen molar-refractivity contribution >= 4 is 46.6 Å². The Morgan fingerprint density at radius 3 is 2.67 bits per heavy atom. The van der Waals surface area contributed by atoms with Crippen LogP contribution in [0.15, 0.2) is 52.6 Å². The smallest absolute Gasteiger partial charge is 0.269 e. The van der Waals surface area contributed by atoms with E-state index in [2.05, 4.69) is 23.3 Å². The Bertz CT molecular complexity index is 898. The molecule has 1 aliphatic heterocycles. The fourth-order valence-corrected chi connectivity index (χ4v) is 2.81. The summed E-state index contributed by atoms with van der Waals surface area (Å²) in [4.78, 5) is 11.7. The SMILES string of the molecule is O=C1NC(S)N/C1=C\c1ccc2oc3ccccc3c2c1. The van der Waals surface area contributed by atoms with Crippen molar-refractivity contribution in [1.29, 1.82) is 0 Å². The summed E-state index contributed by atoms with van der Waals surface area (Å²) >= 11 is 4.18. The van der Waals surface area contributed by atoms with Gasteiger partial charge in [-0.25, -0.2) is 0 Å². The van der Waals surface area contributed by atoms with Crippen LogP contribution in [0.4, 0.5) is 0 Å². The van der Waals surface area contributed by atoms with E-state index in [1.165, 1.54) is 0 Å². The number of hydrogen-bond acceptors (Lipinski definition) is 4. The maximum atomic E-state index is 11.7. The average Bonchev–Trinajstić information content (AvgIpc) is 2.99. The first-order valence-corrected chi connectivity index (χ1v) is 7.11. The Morgan fingerprint density at radius 2 is 1.86 bits per heavy atom. The number of thiol groups is 1. The summed E-state index contributed by atoms with van der Waals surface area (Å²) in [6.45, 7) is 0. The minimum Gasteiger partial charge on any atom is -0.456 e. The molecule has 1 atom stereocenters. The van der Waals surface area contributed by atoms with Crippen LogP contribution in [-0.4, -0.2) is 11.4 Å². The number of carbonyl (C=O) groups excluding carboxylic acids is 1. The van der Waals surface area contributed by atoms with E-state index in [9.17, 15) is 4.79 Å². The van der Waals surface area contributed by atoms with E-state index in [1.54, 1.807) is 0 Å². The van der Waals surface area contributed by atoms with Gasteiger partial charge in [0.25, 0.3) is 5.91 Å². The van der Waals surface area contributed by atoms with Crippen LogP contribution in [0.3, 0.4) is 0 Å². The fraction of sp³-hybridized carbons (Fsp3) is 0.0625. The van der Waals surface area contributed by atoms with Gasteiger partial charge >= 0.3 is 0 Å². The van der Waals surface area contributed by atoms with Gasteiger partial charge in [-0.3, -0.25) is 4.79 Å². The molecule has 1 amide bonds. The molecular formula is C16H12N2O2S. The third-order valence-corrected chi connectivity index (χ3v) is 3.77. The van der Waals surface area contributed by atoms with Crippen molar-refractivity contribution in [3.05, 3.63) is 53.7 Å². The van der Waals surface area contributed by atoms with Crippen molar-refractivity contribution in [3.8, 4) is 0 Å². The maximum Gasteiger partial charge on any atom is 0.269 e. The second kappa shape index (κ2) is 4.56. The Labute approximate surface area is 126 Å². The quantitative estimate of drug-likeness (QED) is 0.478. The number of furan rings is 1. The van der Waals surface area contributed by atoms with Gasteiger partial charge in [-0.15, -0.1) is 12.6 Å². The number of carbonyl (C=O) groups is 1. The van der Waals surface area contributed by atoms with Gasteiger partial charge in [-0.1, -0.05) is 24.3 Å². The molecule has 4 nitrogen and oxygen atoms in total. The molecule has 104 valence electrons. The zero-order chi connectivity index (χ0) is 14.4. The summed E-state index contributed by atoms with van der Waals surface area (Å²) in [6.07, 6.45) is 1.81. The summed E-state index contributed by atoms with van der Waals surface area (Å²) in [5.41, 5.74) is 2.83. The summed E-state index contributed by atoms with van der Waals surface area (Å²) in [5, 5.41) is 7.76. The maximum absolute atomic E-state index is 11.7. The summed E-state index contributed by atoms with van der Waals surface area (Å²) < 4.78 is 5.79. The molecule has 21 heavy (non-hydrogen) atoms. The molecule has 2 N–H and O–H groups in total. The van der Waals surface area contributed by atoms with Gasteiger partial charge in [0.05, 0.1) is 0 Å². The van der Waals surface area contributed by atoms with Gasteiger partial charge in [0, 0.05) is 10.8 Å². The van der Waals surface area contributed by atoms with Crippen molar-refractivity contribution < 1.29 is 9.21 Å². The third-order valence-electron chi connectivity index (χ3n) is 3.52. The van der Waals surface area contributed by atoms with Crippen LogP contribution < -0.4 is 10.6 Å². The molecule has 2 heterocycles. The summed E-state index contributed by atoms with van der Waals surface area (Å²) in [7, 11) is 0. The molecule has 1 saturated heterocycles. The van der Waals surface area contributed by atoms with E-state index in [0.717, 1.165) is 27.5 Å². The van der Waals surface area contributed by atoms with E-state index in [-0.39, 0.29) is 11.4 Å². The molecule has 0 aliphatic carbocycles. The first kappa shape index (κ1) is 12.3. The van der Waals surface area contributed by atoms with Crippen LogP contribution >= 0.6 is 12.6 Å². The lowest BCUT2D eigenvalue weighted by molar-refractivity contribution is -0.116. The summed E-state index contributed by atoms with van der Waals surface area (Å²) in [5.74, 6) is -0.146. The number of benzene rings is 2. The van der Waals surface area contributed by atoms with Gasteiger partial charge in [0.15, 0.2) is 0 Å². The lowest BCUT2D eigenvalue weighted by atomic mass is 10.1. The molecule has 5 heteroatoms. The minimum absolute atomic E-state index is 0.146. The molecule has 0 radical (unpaired) electrons. The predicted molar refractivity (Wildman–Crippen MR) is 85.7 cm³/mol. The van der Waals surface area contributed by atoms with Crippen molar-refractivity contribution in [2.24, 2.45) is 0 Å². The fourth-order valence-electron chi connectivity index (χ4n) is 2.56. The molecule has 0 spiro atoms. The van der Waals surface area contributed by atoms with Crippen LogP contribution in [0.5, 0.6) is 0 Å². The van der Waals surface area contributed by atoms with Gasteiger partial charge in [0.1, 0.15) is 22.4 Å². The Kier molecular flexibility index (Phi) is 2.68. The van der Waals surface area contributed by atoms with Crippen molar-refractivity contribution in [3.63, 3.8) is 0 Å². The normalized spacial score (nSPS) is 20.1. The Morgan fingerprint density at radius 1 is 1.05 bits per heavy atom. The lowest BCUT2D eigenvalue weighted by Gasteiger charge is -2.00. The highest BCUT2D eigenvalue weighted by molar-refractivity contribution is 7.80. The molecule has 3 aromatic rings. The number of para-hydroxylation sites is 1. The summed E-state index contributed by atoms with van der Waals surface area (Å²) in [6, 6.07) is 13.8. The number of rotatable bonds is 1. The van der Waals surface area contributed by atoms with Crippen LogP contribution in [-0.2, 0) is 4.79 Å². The van der Waals surface area contributed by atoms with Crippen molar-refractivity contribution in [2.45, 2.75) is 5.50 Å². The third kappa shape index (κ3) is 2.06. The molecule has 4 rings (SSSR count). The van der Waals surface area contributed by atoms with E-state index < -0.39 is 0 Å². The first-order chi connectivity index (χ1) is 10.2. The number of fused-ring (bicyclic) bond motifs is 3. The monoisotopic (exact) mass is 296 g/mol. The number of nitrogens with one attached hydrogen (secondary N) is 2. The molecule has 0 bridgehead atoms. The molecule has 1 aliphatic rings. The molecule has 1 aromatic heterocycles. The molecular weight excluding hydrogens is 284 g/mol. The van der Waals surface area contributed by atoms with Crippen molar-refractivity contribution in [1.82, 2.24) is 10.6 Å². The van der Waals surface area contributed by atoms with E-state index in [1.807, 2.05) is 48.5 Å². The second-order valence-corrected chi connectivity index (χ2v) is 5.45. The minimum atomic E-state index is -0.331. The molecule has 0 saturated carbocycles. The van der Waals surface area contributed by atoms with Crippen LogP contribution in [0, 0.1) is 0 Å². The largest absolute Gasteiger partial charge is 0.456 e. The number of hydrogen-bond donors (Lipinski definition) is 3. The zero-order valence-corrected chi connectivity index (χ0v) is 11.9.